The monoisotopic (exact) mass is 394 g/mol. The largest absolute Gasteiger partial charge is 0.398 e. The number of anilines is 1. The van der Waals surface area contributed by atoms with Gasteiger partial charge in [0.25, 0.3) is 5.19 Å². The van der Waals surface area contributed by atoms with Crippen molar-refractivity contribution >= 4 is 52.1 Å². The number of benzene rings is 1. The highest BCUT2D eigenvalue weighted by Crippen LogP contribution is 2.16. The van der Waals surface area contributed by atoms with Crippen molar-refractivity contribution in [2.24, 2.45) is 5.16 Å². The van der Waals surface area contributed by atoms with Crippen molar-refractivity contribution in [2.75, 3.05) is 12.8 Å². The first-order chi connectivity index (χ1) is 12.1. The minimum absolute atomic E-state index is 0.0550. The highest BCUT2D eigenvalue weighted by atomic mass is 32.1. The number of thiol groups is 1. The lowest BCUT2D eigenvalue weighted by Crippen LogP contribution is -2.22. The Morgan fingerprint density at radius 3 is 2.52 bits per heavy atom. The van der Waals surface area contributed by atoms with E-state index in [1.807, 2.05) is 30.3 Å². The zero-order valence-electron chi connectivity index (χ0n) is 13.0. The second-order valence-electron chi connectivity index (χ2n) is 4.22. The molecule has 0 aliphatic carbocycles. The first-order valence-corrected chi connectivity index (χ1v) is 8.99. The van der Waals surface area contributed by atoms with E-state index in [1.165, 1.54) is 36.0 Å². The van der Waals surface area contributed by atoms with Crippen LogP contribution in [0.15, 0.2) is 57.3 Å². The molecule has 3 rings (SSSR count). The fourth-order valence-corrected chi connectivity index (χ4v) is 2.70. The Kier molecular flexibility index (Phi) is 7.38. The molecule has 0 aliphatic heterocycles. The van der Waals surface area contributed by atoms with Crippen LogP contribution in [0.5, 0.6) is 5.19 Å². The molecule has 25 heavy (non-hydrogen) atoms. The molecule has 0 amide bonds. The van der Waals surface area contributed by atoms with Gasteiger partial charge in [-0.2, -0.15) is 0 Å². The predicted molar refractivity (Wildman–Crippen MR) is 102 cm³/mol. The Morgan fingerprint density at radius 2 is 2.04 bits per heavy atom. The SMILES string of the molecule is CON=C(C(=O)Oc1nccs1)c1csc(N)n1.Sc1ccccc1. The quantitative estimate of drug-likeness (QED) is 0.305. The van der Waals surface area contributed by atoms with Crippen LogP contribution in [0.4, 0.5) is 5.13 Å². The van der Waals surface area contributed by atoms with E-state index in [-0.39, 0.29) is 10.9 Å². The van der Waals surface area contributed by atoms with Gasteiger partial charge in [0.2, 0.25) is 5.71 Å². The van der Waals surface area contributed by atoms with Crippen molar-refractivity contribution < 1.29 is 14.4 Å². The summed E-state index contributed by atoms with van der Waals surface area (Å²) in [5.74, 6) is -0.697. The van der Waals surface area contributed by atoms with Gasteiger partial charge in [0, 0.05) is 21.9 Å². The van der Waals surface area contributed by atoms with Gasteiger partial charge in [0.15, 0.2) is 5.13 Å². The van der Waals surface area contributed by atoms with Crippen molar-refractivity contribution in [3.63, 3.8) is 0 Å². The summed E-state index contributed by atoms with van der Waals surface area (Å²) in [6.45, 7) is 0. The molecule has 0 radical (unpaired) electrons. The van der Waals surface area contributed by atoms with Crippen molar-refractivity contribution in [3.8, 4) is 5.19 Å². The first-order valence-electron chi connectivity index (χ1n) is 6.78. The van der Waals surface area contributed by atoms with Gasteiger partial charge in [-0.1, -0.05) is 34.7 Å². The van der Waals surface area contributed by atoms with Crippen molar-refractivity contribution in [1.82, 2.24) is 9.97 Å². The predicted octanol–water partition coefficient (Wildman–Crippen LogP) is 3.11. The van der Waals surface area contributed by atoms with Gasteiger partial charge in [0.1, 0.15) is 12.8 Å². The van der Waals surface area contributed by atoms with Crippen molar-refractivity contribution in [3.05, 3.63) is 53.0 Å². The molecular formula is C15H14N4O3S3. The van der Waals surface area contributed by atoms with Crippen LogP contribution in [0.1, 0.15) is 5.69 Å². The highest BCUT2D eigenvalue weighted by Gasteiger charge is 2.21. The standard InChI is InChI=1S/C9H8N4O3S2.C6H6S/c1-15-13-6(5-4-18-8(10)12-5)7(14)16-9-11-2-3-17-9;7-6-4-2-1-3-5-6/h2-4H,1H3,(H2,10,12);1-5,7H. The number of aromatic nitrogens is 2. The third-order valence-electron chi connectivity index (χ3n) is 2.49. The van der Waals surface area contributed by atoms with Crippen LogP contribution in [0, 0.1) is 0 Å². The van der Waals surface area contributed by atoms with Crippen LogP contribution in [0.2, 0.25) is 0 Å². The fraction of sp³-hybridized carbons (Fsp3) is 0.0667. The van der Waals surface area contributed by atoms with E-state index in [1.54, 1.807) is 10.8 Å². The van der Waals surface area contributed by atoms with E-state index in [0.717, 1.165) is 4.90 Å². The number of oxime groups is 1. The minimum Gasteiger partial charge on any atom is -0.398 e. The third-order valence-corrected chi connectivity index (χ3v) is 4.11. The number of nitrogens with two attached hydrogens (primary N) is 1. The first kappa shape index (κ1) is 18.9. The Balaban J connectivity index is 0.000000269. The molecule has 0 saturated heterocycles. The van der Waals surface area contributed by atoms with Crippen molar-refractivity contribution in [2.45, 2.75) is 4.90 Å². The number of carbonyl (C=O) groups excluding carboxylic acids is 1. The number of ether oxygens (including phenoxy) is 1. The highest BCUT2D eigenvalue weighted by molar-refractivity contribution is 7.80. The number of carbonyl (C=O) groups is 1. The summed E-state index contributed by atoms with van der Waals surface area (Å²) < 4.78 is 5.01. The molecule has 130 valence electrons. The molecule has 0 unspecified atom stereocenters. The van der Waals surface area contributed by atoms with Crippen LogP contribution in [0.25, 0.3) is 0 Å². The van der Waals surface area contributed by atoms with Gasteiger partial charge >= 0.3 is 5.97 Å². The molecule has 0 aliphatic rings. The normalized spacial score (nSPS) is 10.6. The lowest BCUT2D eigenvalue weighted by Gasteiger charge is -2.01. The molecule has 2 heterocycles. The molecule has 0 saturated carbocycles. The molecule has 2 N–H and O–H groups in total. The maximum atomic E-state index is 11.9. The molecule has 7 nitrogen and oxygen atoms in total. The average molecular weight is 395 g/mol. The molecular weight excluding hydrogens is 380 g/mol. The third kappa shape index (κ3) is 6.18. The van der Waals surface area contributed by atoms with Crippen LogP contribution >= 0.6 is 35.3 Å². The Hall–Kier alpha value is -2.43. The van der Waals surface area contributed by atoms with Crippen molar-refractivity contribution in [1.29, 1.82) is 0 Å². The van der Waals surface area contributed by atoms with Crippen LogP contribution in [-0.2, 0) is 9.63 Å². The van der Waals surface area contributed by atoms with E-state index in [0.29, 0.717) is 10.8 Å². The molecule has 3 aromatic rings. The van der Waals surface area contributed by atoms with E-state index in [9.17, 15) is 4.79 Å². The maximum absolute atomic E-state index is 11.9. The van der Waals surface area contributed by atoms with Crippen LogP contribution in [0.3, 0.4) is 0 Å². The van der Waals surface area contributed by atoms with E-state index in [2.05, 4.69) is 32.6 Å². The lowest BCUT2D eigenvalue weighted by molar-refractivity contribution is -0.127. The Bertz CT molecular complexity index is 820. The summed E-state index contributed by atoms with van der Waals surface area (Å²) in [5, 5.41) is 7.44. The van der Waals surface area contributed by atoms with E-state index in [4.69, 9.17) is 10.5 Å². The summed E-state index contributed by atoms with van der Waals surface area (Å²) in [6, 6.07) is 9.79. The molecule has 0 bridgehead atoms. The lowest BCUT2D eigenvalue weighted by atomic mass is 10.3. The molecule has 0 fully saturated rings. The number of hydrogen-bond donors (Lipinski definition) is 2. The number of nitrogen functional groups attached to an aromatic ring is 1. The molecule has 0 spiro atoms. The molecule has 10 heteroatoms. The number of hydrogen-bond acceptors (Lipinski definition) is 10. The molecule has 2 aromatic heterocycles. The van der Waals surface area contributed by atoms with E-state index >= 15 is 0 Å². The second-order valence-corrected chi connectivity index (χ2v) is 6.48. The maximum Gasteiger partial charge on any atom is 0.370 e. The summed E-state index contributed by atoms with van der Waals surface area (Å²) in [4.78, 5) is 25.3. The number of nitrogens with zero attached hydrogens (tertiary/aromatic N) is 3. The van der Waals surface area contributed by atoms with Gasteiger partial charge in [-0.3, -0.25) is 0 Å². The van der Waals surface area contributed by atoms with Crippen LogP contribution < -0.4 is 10.5 Å². The number of thiazole rings is 2. The topological polar surface area (TPSA) is 99.7 Å². The summed E-state index contributed by atoms with van der Waals surface area (Å²) >= 11 is 6.47. The van der Waals surface area contributed by atoms with Gasteiger partial charge in [-0.05, 0) is 12.1 Å². The van der Waals surface area contributed by atoms with Gasteiger partial charge in [0.05, 0.1) is 0 Å². The second kappa shape index (κ2) is 9.77. The van der Waals surface area contributed by atoms with Gasteiger partial charge in [-0.25, -0.2) is 14.8 Å². The molecule has 0 atom stereocenters. The van der Waals surface area contributed by atoms with Crippen LogP contribution in [-0.4, -0.2) is 28.8 Å². The fourth-order valence-electron chi connectivity index (χ4n) is 1.49. The summed E-state index contributed by atoms with van der Waals surface area (Å²) in [7, 11) is 1.33. The van der Waals surface area contributed by atoms with Gasteiger partial charge < -0.3 is 15.3 Å². The minimum atomic E-state index is -0.697. The Labute approximate surface area is 157 Å². The number of esters is 1. The zero-order valence-corrected chi connectivity index (χ0v) is 15.6. The summed E-state index contributed by atoms with van der Waals surface area (Å²) in [5.41, 5.74) is 5.75. The number of rotatable bonds is 4. The average Bonchev–Trinajstić information content (AvgIpc) is 3.25. The smallest absolute Gasteiger partial charge is 0.370 e. The summed E-state index contributed by atoms with van der Waals surface area (Å²) in [6.07, 6.45) is 1.53. The van der Waals surface area contributed by atoms with E-state index < -0.39 is 5.97 Å². The zero-order chi connectivity index (χ0) is 18.1. The molecule has 1 aromatic carbocycles. The van der Waals surface area contributed by atoms with Gasteiger partial charge in [-0.15, -0.1) is 24.0 Å². The Morgan fingerprint density at radius 1 is 1.28 bits per heavy atom.